The van der Waals surface area contributed by atoms with Crippen molar-refractivity contribution in [2.75, 3.05) is 25.5 Å². The Labute approximate surface area is 192 Å². The van der Waals surface area contributed by atoms with Gasteiger partial charge in [-0.1, -0.05) is 18.0 Å². The molecule has 0 atom stereocenters. The Balaban J connectivity index is 0.00000364. The van der Waals surface area contributed by atoms with E-state index in [1.165, 1.54) is 0 Å². The van der Waals surface area contributed by atoms with Crippen molar-refractivity contribution < 1.29 is 47.0 Å². The fourth-order valence-corrected chi connectivity index (χ4v) is 3.64. The summed E-state index contributed by atoms with van der Waals surface area (Å²) in [6.07, 6.45) is 4.43. The van der Waals surface area contributed by atoms with Crippen molar-refractivity contribution in [3.8, 4) is 0 Å². The molecule has 0 heterocycles. The third-order valence-corrected chi connectivity index (χ3v) is 5.33. The van der Waals surface area contributed by atoms with Crippen LogP contribution in [0.2, 0.25) is 5.02 Å². The van der Waals surface area contributed by atoms with E-state index in [0.29, 0.717) is 16.3 Å². The molecule has 1 aliphatic rings. The molecule has 7 heteroatoms. The van der Waals surface area contributed by atoms with Crippen LogP contribution in [0.5, 0.6) is 0 Å². The van der Waals surface area contributed by atoms with Crippen molar-refractivity contribution in [1.82, 2.24) is 4.90 Å². The van der Waals surface area contributed by atoms with Crippen molar-refractivity contribution in [3.63, 3.8) is 0 Å². The second-order valence-electron chi connectivity index (χ2n) is 6.83. The topological polar surface area (TPSA) is 58.6 Å². The van der Waals surface area contributed by atoms with Crippen LogP contribution in [0.15, 0.2) is 12.1 Å². The number of rotatable bonds is 8. The number of carbonyl (C=O) groups is 2. The first-order valence-corrected chi connectivity index (χ1v) is 9.52. The fraction of sp³-hybridized carbons (Fsp3) is 0.550. The number of likely N-dealkylation sites (N-methyl/N-ethyl adjacent to an activating group) is 1. The Morgan fingerprint density at radius 3 is 2.56 bits per heavy atom. The van der Waals surface area contributed by atoms with Crippen molar-refractivity contribution in [3.05, 3.63) is 35.2 Å². The molecule has 1 aromatic rings. The summed E-state index contributed by atoms with van der Waals surface area (Å²) >= 11 is 6.10. The van der Waals surface area contributed by atoms with Crippen molar-refractivity contribution in [1.29, 1.82) is 0 Å². The van der Waals surface area contributed by atoms with Gasteiger partial charge in [0, 0.05) is 37.7 Å². The summed E-state index contributed by atoms with van der Waals surface area (Å²) in [7, 11) is 1.98. The number of hydrogen-bond donors (Lipinski definition) is 1. The van der Waals surface area contributed by atoms with Crippen LogP contribution >= 0.6 is 11.6 Å². The third kappa shape index (κ3) is 5.53. The summed E-state index contributed by atoms with van der Waals surface area (Å²) in [5.74, 6) is -0.562. The average Bonchev–Trinajstić information content (AvgIpc) is 2.54. The Bertz CT molecular complexity index is 677. The molecule has 147 valence electrons. The Morgan fingerprint density at radius 1 is 1.37 bits per heavy atom. The second kappa shape index (κ2) is 10.9. The predicted molar refractivity (Wildman–Crippen MR) is 105 cm³/mol. The summed E-state index contributed by atoms with van der Waals surface area (Å²) in [6, 6.07) is 3.28. The van der Waals surface area contributed by atoms with Crippen LogP contribution in [0.25, 0.3) is 0 Å². The first-order chi connectivity index (χ1) is 12.4. The summed E-state index contributed by atoms with van der Waals surface area (Å²) in [5.41, 5.74) is 0.992. The molecule has 0 bridgehead atoms. The van der Waals surface area contributed by atoms with Gasteiger partial charge >= 0.3 is 5.97 Å². The maximum Gasteiger partial charge on any atom is 0.340 e. The van der Waals surface area contributed by atoms with Crippen LogP contribution in [0.3, 0.4) is 0 Å². The fourth-order valence-electron chi connectivity index (χ4n) is 3.37. The Kier molecular flexibility index (Phi) is 9.91. The SMILES string of the molecule is [CH2-]CCCN(C)C1(C(=O)Nc2c(C)cc(Cl)cc2C(=O)OCC)CCC1.[Y]. The van der Waals surface area contributed by atoms with Gasteiger partial charge in [-0.2, -0.15) is 6.42 Å². The van der Waals surface area contributed by atoms with Crippen molar-refractivity contribution in [2.24, 2.45) is 0 Å². The molecular weight excluding hydrogens is 441 g/mol. The standard InChI is InChI=1S/C20H28ClN2O3.Y/c1-5-7-11-23(4)20(9-8-10-20)19(25)22-17-14(3)12-15(21)13-16(17)18(24)26-6-2;/h12-13H,1,5-11H2,2-4H3,(H,22,25);/q-1;. The molecule has 1 saturated carbocycles. The number of carbonyl (C=O) groups excluding carboxylic acids is 2. The molecule has 0 aliphatic heterocycles. The molecule has 1 radical (unpaired) electrons. The minimum Gasteiger partial charge on any atom is -0.462 e. The minimum absolute atomic E-state index is 0. The molecule has 1 aromatic carbocycles. The maximum absolute atomic E-state index is 13.1. The van der Waals surface area contributed by atoms with Crippen molar-refractivity contribution >= 4 is 29.2 Å². The number of nitrogens with zero attached hydrogens (tertiary/aromatic N) is 1. The normalized spacial score (nSPS) is 14.9. The molecule has 1 aliphatic carbocycles. The summed E-state index contributed by atoms with van der Waals surface area (Å²) in [6.45, 7) is 8.52. The summed E-state index contributed by atoms with van der Waals surface area (Å²) in [4.78, 5) is 27.6. The van der Waals surface area contributed by atoms with E-state index in [1.54, 1.807) is 19.1 Å². The van der Waals surface area contributed by atoms with Crippen LogP contribution in [0.1, 0.15) is 54.9 Å². The number of ether oxygens (including phenoxy) is 1. The van der Waals surface area contributed by atoms with Gasteiger partial charge < -0.3 is 17.0 Å². The van der Waals surface area contributed by atoms with Gasteiger partial charge in [-0.25, -0.2) is 4.79 Å². The van der Waals surface area contributed by atoms with Crippen LogP contribution < -0.4 is 5.32 Å². The number of benzene rings is 1. The molecule has 0 unspecified atom stereocenters. The van der Waals surface area contributed by atoms with Crippen molar-refractivity contribution in [2.45, 2.75) is 51.5 Å². The van der Waals surface area contributed by atoms with E-state index >= 15 is 0 Å². The molecule has 1 amide bonds. The zero-order valence-corrected chi connectivity index (χ0v) is 20.0. The molecular formula is C20H28ClN2O3Y-. The smallest absolute Gasteiger partial charge is 0.340 e. The molecule has 1 N–H and O–H groups in total. The van der Waals surface area contributed by atoms with Crippen LogP contribution in [0.4, 0.5) is 5.69 Å². The number of esters is 1. The zero-order chi connectivity index (χ0) is 19.3. The molecule has 1 fully saturated rings. The van der Waals surface area contributed by atoms with Gasteiger partial charge in [0.15, 0.2) is 0 Å². The van der Waals surface area contributed by atoms with E-state index in [4.69, 9.17) is 16.3 Å². The second-order valence-corrected chi connectivity index (χ2v) is 7.27. The van der Waals surface area contributed by atoms with Gasteiger partial charge in [0.1, 0.15) is 5.54 Å². The van der Waals surface area contributed by atoms with Crippen LogP contribution in [-0.4, -0.2) is 42.5 Å². The number of unbranched alkanes of at least 4 members (excludes halogenated alkanes) is 1. The number of anilines is 1. The van der Waals surface area contributed by atoms with Gasteiger partial charge in [-0.05, 0) is 64.4 Å². The van der Waals surface area contributed by atoms with Gasteiger partial charge in [0.05, 0.1) is 17.9 Å². The largest absolute Gasteiger partial charge is 0.462 e. The van der Waals surface area contributed by atoms with E-state index < -0.39 is 11.5 Å². The molecule has 2 rings (SSSR count). The number of aryl methyl sites for hydroxylation is 1. The van der Waals surface area contributed by atoms with E-state index in [1.807, 2.05) is 14.0 Å². The summed E-state index contributed by atoms with van der Waals surface area (Å²) < 4.78 is 5.12. The molecule has 0 aromatic heterocycles. The molecule has 0 spiro atoms. The van der Waals surface area contributed by atoms with Gasteiger partial charge in [-0.3, -0.25) is 9.69 Å². The number of halogens is 1. The monoisotopic (exact) mass is 468 g/mol. The summed E-state index contributed by atoms with van der Waals surface area (Å²) in [5, 5.41) is 3.43. The van der Waals surface area contributed by atoms with E-state index in [0.717, 1.165) is 44.2 Å². The Morgan fingerprint density at radius 2 is 2.04 bits per heavy atom. The van der Waals surface area contributed by atoms with E-state index in [2.05, 4.69) is 17.1 Å². The Hall–Kier alpha value is -0.486. The van der Waals surface area contributed by atoms with Gasteiger partial charge in [-0.15, -0.1) is 0 Å². The van der Waals surface area contributed by atoms with Crippen LogP contribution in [0, 0.1) is 13.8 Å². The minimum atomic E-state index is -0.521. The molecule has 5 nitrogen and oxygen atoms in total. The first kappa shape index (κ1) is 24.6. The zero-order valence-electron chi connectivity index (χ0n) is 16.4. The number of hydrogen-bond acceptors (Lipinski definition) is 4. The molecule has 27 heavy (non-hydrogen) atoms. The van der Waals surface area contributed by atoms with Gasteiger partial charge in [0.2, 0.25) is 5.91 Å². The van der Waals surface area contributed by atoms with E-state index in [9.17, 15) is 9.59 Å². The third-order valence-electron chi connectivity index (χ3n) is 5.11. The average molecular weight is 469 g/mol. The quantitative estimate of drug-likeness (QED) is 0.458. The van der Waals surface area contributed by atoms with Crippen LogP contribution in [-0.2, 0) is 42.2 Å². The number of amides is 1. The van der Waals surface area contributed by atoms with Gasteiger partial charge in [0.25, 0.3) is 0 Å². The predicted octanol–water partition coefficient (Wildman–Crippen LogP) is 4.23. The number of nitrogens with one attached hydrogen (secondary N) is 1. The first-order valence-electron chi connectivity index (χ1n) is 9.15. The van der Waals surface area contributed by atoms with E-state index in [-0.39, 0.29) is 45.2 Å². The maximum atomic E-state index is 13.1. The molecule has 0 saturated heterocycles.